The van der Waals surface area contributed by atoms with Gasteiger partial charge < -0.3 is 10.2 Å². The Morgan fingerprint density at radius 1 is 1.29 bits per heavy atom. The number of rotatable bonds is 7. The Labute approximate surface area is 106 Å². The fraction of sp³-hybridized carbons (Fsp3) is 1.00. The molecule has 1 saturated heterocycles. The molecule has 0 aromatic heterocycles. The molecule has 0 radical (unpaired) electrons. The van der Waals surface area contributed by atoms with Crippen molar-refractivity contribution >= 4 is 9.84 Å². The Hall–Kier alpha value is -0.130. The Bertz CT molecular complexity index is 296. The van der Waals surface area contributed by atoms with E-state index in [0.29, 0.717) is 5.75 Å². The van der Waals surface area contributed by atoms with Gasteiger partial charge in [0.2, 0.25) is 0 Å². The van der Waals surface area contributed by atoms with Crippen LogP contribution in [0.2, 0.25) is 0 Å². The van der Waals surface area contributed by atoms with Crippen LogP contribution < -0.4 is 5.32 Å². The largest absolute Gasteiger partial charge is 0.320 e. The van der Waals surface area contributed by atoms with Crippen molar-refractivity contribution in [2.24, 2.45) is 5.92 Å². The molecular weight excluding hydrogens is 236 g/mol. The van der Waals surface area contributed by atoms with Crippen molar-refractivity contribution < 1.29 is 8.42 Å². The predicted octanol–water partition coefficient (Wildman–Crippen LogP) is 0.743. The standard InChI is InChI=1S/C12H26N2O2S/c1-3-17(15,16)11-10-14-8-5-12(6-9-14)4-7-13-2/h12-13H,3-11H2,1-2H3. The second kappa shape index (κ2) is 7.34. The molecule has 0 unspecified atom stereocenters. The third-order valence-corrected chi connectivity index (χ3v) is 5.35. The second-order valence-electron chi connectivity index (χ2n) is 4.91. The highest BCUT2D eigenvalue weighted by atomic mass is 32.2. The van der Waals surface area contributed by atoms with Gasteiger partial charge in [0.15, 0.2) is 9.84 Å². The molecule has 1 rings (SSSR count). The molecule has 1 fully saturated rings. The summed E-state index contributed by atoms with van der Waals surface area (Å²) < 4.78 is 22.8. The molecule has 0 atom stereocenters. The van der Waals surface area contributed by atoms with Crippen molar-refractivity contribution in [3.05, 3.63) is 0 Å². The maximum atomic E-state index is 11.4. The summed E-state index contributed by atoms with van der Waals surface area (Å²) >= 11 is 0. The average Bonchev–Trinajstić information content (AvgIpc) is 2.35. The van der Waals surface area contributed by atoms with Gasteiger partial charge in [-0.1, -0.05) is 6.92 Å². The molecule has 0 amide bonds. The lowest BCUT2D eigenvalue weighted by Gasteiger charge is -2.31. The van der Waals surface area contributed by atoms with Crippen LogP contribution in [0.4, 0.5) is 0 Å². The first kappa shape index (κ1) is 14.9. The molecule has 102 valence electrons. The van der Waals surface area contributed by atoms with Gasteiger partial charge in [-0.05, 0) is 51.9 Å². The zero-order valence-electron chi connectivity index (χ0n) is 11.1. The SMILES string of the molecule is CCS(=O)(=O)CCN1CCC(CCNC)CC1. The molecule has 0 saturated carbocycles. The number of piperidine rings is 1. The van der Waals surface area contributed by atoms with Gasteiger partial charge in [-0.3, -0.25) is 0 Å². The van der Waals surface area contributed by atoms with Gasteiger partial charge >= 0.3 is 0 Å². The van der Waals surface area contributed by atoms with E-state index in [1.165, 1.54) is 19.3 Å². The molecule has 5 heteroatoms. The number of nitrogens with zero attached hydrogens (tertiary/aromatic N) is 1. The first-order valence-electron chi connectivity index (χ1n) is 6.64. The van der Waals surface area contributed by atoms with E-state index in [-0.39, 0.29) is 5.75 Å². The van der Waals surface area contributed by atoms with Crippen LogP contribution in [0.1, 0.15) is 26.2 Å². The van der Waals surface area contributed by atoms with Gasteiger partial charge in [-0.25, -0.2) is 8.42 Å². The minimum atomic E-state index is -2.80. The minimum Gasteiger partial charge on any atom is -0.320 e. The van der Waals surface area contributed by atoms with Gasteiger partial charge in [-0.2, -0.15) is 0 Å². The smallest absolute Gasteiger partial charge is 0.151 e. The monoisotopic (exact) mass is 262 g/mol. The van der Waals surface area contributed by atoms with Crippen molar-refractivity contribution in [1.82, 2.24) is 10.2 Å². The first-order valence-corrected chi connectivity index (χ1v) is 8.47. The highest BCUT2D eigenvalue weighted by Crippen LogP contribution is 2.19. The molecule has 0 spiro atoms. The average molecular weight is 262 g/mol. The molecule has 1 aliphatic heterocycles. The summed E-state index contributed by atoms with van der Waals surface area (Å²) in [6.45, 7) is 5.66. The van der Waals surface area contributed by atoms with Crippen molar-refractivity contribution in [3.63, 3.8) is 0 Å². The Balaban J connectivity index is 2.19. The zero-order chi connectivity index (χ0) is 12.7. The summed E-state index contributed by atoms with van der Waals surface area (Å²) in [4.78, 5) is 2.29. The molecule has 0 aromatic carbocycles. The topological polar surface area (TPSA) is 49.4 Å². The van der Waals surface area contributed by atoms with Crippen molar-refractivity contribution in [2.75, 3.05) is 44.7 Å². The summed E-state index contributed by atoms with van der Waals surface area (Å²) in [7, 11) is -0.807. The molecule has 4 nitrogen and oxygen atoms in total. The number of hydrogen-bond acceptors (Lipinski definition) is 4. The molecule has 1 N–H and O–H groups in total. The molecule has 0 bridgehead atoms. The summed E-state index contributed by atoms with van der Waals surface area (Å²) in [6, 6.07) is 0. The lowest BCUT2D eigenvalue weighted by Crippen LogP contribution is -2.37. The highest BCUT2D eigenvalue weighted by Gasteiger charge is 2.19. The minimum absolute atomic E-state index is 0.269. The first-order chi connectivity index (χ1) is 8.07. The van der Waals surface area contributed by atoms with Crippen LogP contribution in [0, 0.1) is 5.92 Å². The van der Waals surface area contributed by atoms with Crippen LogP contribution in [0.3, 0.4) is 0 Å². The third kappa shape index (κ3) is 5.84. The predicted molar refractivity (Wildman–Crippen MR) is 72.0 cm³/mol. The van der Waals surface area contributed by atoms with E-state index in [2.05, 4.69) is 10.2 Å². The lowest BCUT2D eigenvalue weighted by atomic mass is 9.94. The van der Waals surface area contributed by atoms with Crippen LogP contribution in [0.25, 0.3) is 0 Å². The lowest BCUT2D eigenvalue weighted by molar-refractivity contribution is 0.187. The quantitative estimate of drug-likeness (QED) is 0.735. The Morgan fingerprint density at radius 2 is 1.94 bits per heavy atom. The number of likely N-dealkylation sites (tertiary alicyclic amines) is 1. The normalized spacial score (nSPS) is 19.6. The van der Waals surface area contributed by atoms with Gasteiger partial charge in [0.25, 0.3) is 0 Å². The second-order valence-corrected chi connectivity index (χ2v) is 7.39. The van der Waals surface area contributed by atoms with Crippen molar-refractivity contribution in [2.45, 2.75) is 26.2 Å². The number of nitrogens with one attached hydrogen (secondary N) is 1. The zero-order valence-corrected chi connectivity index (χ0v) is 11.9. The van der Waals surface area contributed by atoms with Crippen LogP contribution in [-0.2, 0) is 9.84 Å². The molecule has 1 aliphatic rings. The number of hydrogen-bond donors (Lipinski definition) is 1. The summed E-state index contributed by atoms with van der Waals surface area (Å²) in [5, 5.41) is 3.19. The molecule has 0 aromatic rings. The van der Waals surface area contributed by atoms with Crippen LogP contribution in [0.5, 0.6) is 0 Å². The summed E-state index contributed by atoms with van der Waals surface area (Å²) in [5.74, 6) is 1.41. The maximum absolute atomic E-state index is 11.4. The van der Waals surface area contributed by atoms with E-state index < -0.39 is 9.84 Å². The third-order valence-electron chi connectivity index (χ3n) is 3.67. The molecular formula is C12H26N2O2S. The van der Waals surface area contributed by atoms with Gasteiger partial charge in [0.05, 0.1) is 5.75 Å². The summed E-state index contributed by atoms with van der Waals surface area (Å²) in [6.07, 6.45) is 3.68. The van der Waals surface area contributed by atoms with Crippen LogP contribution >= 0.6 is 0 Å². The van der Waals surface area contributed by atoms with E-state index in [1.807, 2.05) is 7.05 Å². The van der Waals surface area contributed by atoms with E-state index in [0.717, 1.165) is 32.1 Å². The van der Waals surface area contributed by atoms with E-state index in [9.17, 15) is 8.42 Å². The molecule has 0 aliphatic carbocycles. The van der Waals surface area contributed by atoms with E-state index in [1.54, 1.807) is 6.92 Å². The molecule has 1 heterocycles. The molecule has 17 heavy (non-hydrogen) atoms. The van der Waals surface area contributed by atoms with Crippen LogP contribution in [0.15, 0.2) is 0 Å². The van der Waals surface area contributed by atoms with Gasteiger partial charge in [0, 0.05) is 12.3 Å². The fourth-order valence-electron chi connectivity index (χ4n) is 2.26. The van der Waals surface area contributed by atoms with Crippen molar-refractivity contribution in [1.29, 1.82) is 0 Å². The van der Waals surface area contributed by atoms with Crippen LogP contribution in [-0.4, -0.2) is 58.1 Å². The van der Waals surface area contributed by atoms with Gasteiger partial charge in [0.1, 0.15) is 0 Å². The Kier molecular flexibility index (Phi) is 6.44. The summed E-state index contributed by atoms with van der Waals surface area (Å²) in [5.41, 5.74) is 0. The number of sulfone groups is 1. The Morgan fingerprint density at radius 3 is 2.47 bits per heavy atom. The van der Waals surface area contributed by atoms with E-state index >= 15 is 0 Å². The van der Waals surface area contributed by atoms with Gasteiger partial charge in [-0.15, -0.1) is 0 Å². The highest BCUT2D eigenvalue weighted by molar-refractivity contribution is 7.91. The fourth-order valence-corrected chi connectivity index (χ4v) is 3.08. The maximum Gasteiger partial charge on any atom is 0.151 e. The van der Waals surface area contributed by atoms with Crippen molar-refractivity contribution in [3.8, 4) is 0 Å². The van der Waals surface area contributed by atoms with E-state index in [4.69, 9.17) is 0 Å².